The van der Waals surface area contributed by atoms with Crippen LogP contribution in [0.2, 0.25) is 0 Å². The first-order chi connectivity index (χ1) is 5.77. The van der Waals surface area contributed by atoms with E-state index in [2.05, 4.69) is 6.58 Å². The zero-order valence-corrected chi connectivity index (χ0v) is 7.53. The van der Waals surface area contributed by atoms with Crippen molar-refractivity contribution in [2.24, 2.45) is 0 Å². The van der Waals surface area contributed by atoms with Crippen LogP contribution in [0.5, 0.6) is 0 Å². The number of carbonyl (C=O) groups excluding carboxylic acids is 1. The summed E-state index contributed by atoms with van der Waals surface area (Å²) < 4.78 is 0. The van der Waals surface area contributed by atoms with Gasteiger partial charge in [0, 0.05) is 5.57 Å². The Morgan fingerprint density at radius 2 is 1.46 bits per heavy atom. The number of ketones is 1. The number of carbonyl (C=O) groups is 3. The van der Waals surface area contributed by atoms with Crippen molar-refractivity contribution in [3.8, 4) is 0 Å². The summed E-state index contributed by atoms with van der Waals surface area (Å²) in [6, 6.07) is 0. The molecule has 0 aliphatic heterocycles. The molecular formula is C8H12O5. The number of carboxylic acids is 2. The first-order valence-corrected chi connectivity index (χ1v) is 3.37. The van der Waals surface area contributed by atoms with Gasteiger partial charge in [-0.25, -0.2) is 4.79 Å². The Kier molecular flexibility index (Phi) is 7.51. The Bertz CT molecular complexity index is 225. The Morgan fingerprint density at radius 3 is 1.54 bits per heavy atom. The lowest BCUT2D eigenvalue weighted by Gasteiger charge is -1.91. The van der Waals surface area contributed by atoms with Crippen LogP contribution in [0.4, 0.5) is 0 Å². The molecule has 0 bridgehead atoms. The lowest BCUT2D eigenvalue weighted by molar-refractivity contribution is -0.139. The molecule has 0 radical (unpaired) electrons. The summed E-state index contributed by atoms with van der Waals surface area (Å²) in [6.45, 7) is 6.07. The van der Waals surface area contributed by atoms with Crippen LogP contribution in [0, 0.1) is 0 Å². The van der Waals surface area contributed by atoms with E-state index in [0.717, 1.165) is 0 Å². The molecule has 74 valence electrons. The zero-order chi connectivity index (χ0) is 11.0. The van der Waals surface area contributed by atoms with Crippen molar-refractivity contribution in [2.45, 2.75) is 20.3 Å². The van der Waals surface area contributed by atoms with Crippen molar-refractivity contribution in [3.05, 3.63) is 12.2 Å². The van der Waals surface area contributed by atoms with Crippen molar-refractivity contribution in [1.82, 2.24) is 0 Å². The molecule has 0 saturated heterocycles. The molecular weight excluding hydrogens is 176 g/mol. The van der Waals surface area contributed by atoms with Gasteiger partial charge in [0.2, 0.25) is 0 Å². The maximum Gasteiger partial charge on any atom is 0.331 e. The van der Waals surface area contributed by atoms with Crippen LogP contribution in [0.3, 0.4) is 0 Å². The molecule has 0 aliphatic rings. The monoisotopic (exact) mass is 188 g/mol. The highest BCUT2D eigenvalue weighted by atomic mass is 16.4. The maximum atomic E-state index is 9.87. The van der Waals surface area contributed by atoms with E-state index in [4.69, 9.17) is 10.2 Å². The first kappa shape index (κ1) is 13.9. The minimum atomic E-state index is -1.27. The molecule has 0 heterocycles. The minimum absolute atomic E-state index is 0.167. The van der Waals surface area contributed by atoms with Crippen LogP contribution in [0.25, 0.3) is 0 Å². The molecule has 0 rings (SSSR count). The fourth-order valence-corrected chi connectivity index (χ4v) is 0.258. The standard InChI is InChI=1S/C5H6O4.C3H6O/c1-3(5(8)9)2-4(6)7;1-3(2)4/h1-2H2,(H,6,7)(H,8,9);1-2H3. The molecule has 0 atom stereocenters. The fourth-order valence-electron chi connectivity index (χ4n) is 0.258. The second-order valence-corrected chi connectivity index (χ2v) is 2.39. The summed E-state index contributed by atoms with van der Waals surface area (Å²) in [5.74, 6) is -2.28. The average Bonchev–Trinajstić information content (AvgIpc) is 1.83. The topological polar surface area (TPSA) is 91.7 Å². The largest absolute Gasteiger partial charge is 0.481 e. The van der Waals surface area contributed by atoms with E-state index in [1.165, 1.54) is 13.8 Å². The summed E-state index contributed by atoms with van der Waals surface area (Å²) in [5.41, 5.74) is -0.303. The lowest BCUT2D eigenvalue weighted by atomic mass is 10.2. The number of rotatable bonds is 3. The Morgan fingerprint density at radius 1 is 1.15 bits per heavy atom. The molecule has 0 fully saturated rings. The van der Waals surface area contributed by atoms with E-state index in [1.54, 1.807) is 0 Å². The van der Waals surface area contributed by atoms with Crippen molar-refractivity contribution >= 4 is 17.7 Å². The Hall–Kier alpha value is -1.65. The van der Waals surface area contributed by atoms with E-state index < -0.39 is 18.4 Å². The van der Waals surface area contributed by atoms with Gasteiger partial charge in [-0.1, -0.05) is 6.58 Å². The van der Waals surface area contributed by atoms with E-state index in [-0.39, 0.29) is 11.4 Å². The number of aliphatic carboxylic acids is 2. The predicted octanol–water partition coefficient (Wildman–Crippen LogP) is 0.697. The third-order valence-electron chi connectivity index (χ3n) is 0.667. The molecule has 0 aliphatic carbocycles. The van der Waals surface area contributed by atoms with Gasteiger partial charge in [0.15, 0.2) is 0 Å². The average molecular weight is 188 g/mol. The van der Waals surface area contributed by atoms with Crippen molar-refractivity contribution < 1.29 is 24.6 Å². The molecule has 0 aromatic rings. The minimum Gasteiger partial charge on any atom is -0.481 e. The predicted molar refractivity (Wildman–Crippen MR) is 45.4 cm³/mol. The van der Waals surface area contributed by atoms with Crippen LogP contribution in [-0.4, -0.2) is 27.9 Å². The molecule has 5 heteroatoms. The van der Waals surface area contributed by atoms with Gasteiger partial charge in [-0.3, -0.25) is 4.79 Å². The van der Waals surface area contributed by atoms with Crippen molar-refractivity contribution in [2.75, 3.05) is 0 Å². The van der Waals surface area contributed by atoms with Gasteiger partial charge >= 0.3 is 11.9 Å². The van der Waals surface area contributed by atoms with Gasteiger partial charge < -0.3 is 15.0 Å². The first-order valence-electron chi connectivity index (χ1n) is 3.37. The summed E-state index contributed by atoms with van der Waals surface area (Å²) in [4.78, 5) is 29.1. The molecule has 0 unspecified atom stereocenters. The van der Waals surface area contributed by atoms with E-state index in [1.807, 2.05) is 0 Å². The molecule has 0 spiro atoms. The highest BCUT2D eigenvalue weighted by Crippen LogP contribution is 1.95. The van der Waals surface area contributed by atoms with Gasteiger partial charge in [-0.2, -0.15) is 0 Å². The zero-order valence-electron chi connectivity index (χ0n) is 7.53. The van der Waals surface area contributed by atoms with Gasteiger partial charge in [0.05, 0.1) is 6.42 Å². The number of hydrogen-bond donors (Lipinski definition) is 2. The van der Waals surface area contributed by atoms with Crippen LogP contribution in [0.1, 0.15) is 20.3 Å². The van der Waals surface area contributed by atoms with Gasteiger partial charge in [-0.15, -0.1) is 0 Å². The van der Waals surface area contributed by atoms with Crippen LogP contribution >= 0.6 is 0 Å². The van der Waals surface area contributed by atoms with Gasteiger partial charge in [-0.05, 0) is 13.8 Å². The maximum absolute atomic E-state index is 9.87. The Labute approximate surface area is 75.7 Å². The highest BCUT2D eigenvalue weighted by Gasteiger charge is 2.07. The number of Topliss-reactive ketones (excluding diaryl/α,β-unsaturated/α-hetero) is 1. The van der Waals surface area contributed by atoms with Gasteiger partial charge in [0.1, 0.15) is 5.78 Å². The summed E-state index contributed by atoms with van der Waals surface area (Å²) in [5, 5.41) is 16.1. The molecule has 5 nitrogen and oxygen atoms in total. The molecule has 13 heavy (non-hydrogen) atoms. The quantitative estimate of drug-likeness (QED) is 0.636. The Balaban J connectivity index is 0. The molecule has 0 aromatic carbocycles. The third kappa shape index (κ3) is 17.9. The number of hydrogen-bond acceptors (Lipinski definition) is 3. The SMILES string of the molecule is C=C(CC(=O)O)C(=O)O.CC(C)=O. The van der Waals surface area contributed by atoms with Gasteiger partial charge in [0.25, 0.3) is 0 Å². The highest BCUT2D eigenvalue weighted by molar-refractivity contribution is 5.91. The van der Waals surface area contributed by atoms with Crippen molar-refractivity contribution in [1.29, 1.82) is 0 Å². The molecule has 0 aromatic heterocycles. The van der Waals surface area contributed by atoms with Crippen LogP contribution in [0.15, 0.2) is 12.2 Å². The van der Waals surface area contributed by atoms with Crippen molar-refractivity contribution in [3.63, 3.8) is 0 Å². The van der Waals surface area contributed by atoms with E-state index in [0.29, 0.717) is 0 Å². The molecule has 0 saturated carbocycles. The normalized spacial score (nSPS) is 7.85. The summed E-state index contributed by atoms with van der Waals surface area (Å²) >= 11 is 0. The molecule has 0 amide bonds. The second kappa shape index (κ2) is 7.02. The number of carboxylic acid groups (broad SMARTS) is 2. The summed E-state index contributed by atoms with van der Waals surface area (Å²) in [6.07, 6.45) is -0.505. The van der Waals surface area contributed by atoms with E-state index >= 15 is 0 Å². The fraction of sp³-hybridized carbons (Fsp3) is 0.375. The summed E-state index contributed by atoms with van der Waals surface area (Å²) in [7, 11) is 0. The van der Waals surface area contributed by atoms with Crippen LogP contribution in [-0.2, 0) is 14.4 Å². The molecule has 2 N–H and O–H groups in total. The van der Waals surface area contributed by atoms with Crippen LogP contribution < -0.4 is 0 Å². The second-order valence-electron chi connectivity index (χ2n) is 2.39. The third-order valence-corrected chi connectivity index (χ3v) is 0.667. The lowest BCUT2D eigenvalue weighted by Crippen LogP contribution is -2.04. The van der Waals surface area contributed by atoms with E-state index in [9.17, 15) is 14.4 Å². The smallest absolute Gasteiger partial charge is 0.331 e.